The quantitative estimate of drug-likeness (QED) is 0.530. The van der Waals surface area contributed by atoms with Crippen molar-refractivity contribution in [3.63, 3.8) is 0 Å². The number of allylic oxidation sites excluding steroid dienone is 1. The molecule has 0 saturated carbocycles. The molecule has 1 aliphatic heterocycles. The maximum Gasteiger partial charge on any atom is 0.0837 e. The first kappa shape index (κ1) is 15.2. The highest BCUT2D eigenvalue weighted by atomic mass is 28.3. The van der Waals surface area contributed by atoms with E-state index >= 15 is 0 Å². The van der Waals surface area contributed by atoms with Crippen LogP contribution in [0.25, 0.3) is 28.0 Å². The van der Waals surface area contributed by atoms with Gasteiger partial charge in [0.2, 0.25) is 0 Å². The monoisotopic (exact) mass is 340 g/mol. The van der Waals surface area contributed by atoms with Gasteiger partial charge in [-0.05, 0) is 64.9 Å². The van der Waals surface area contributed by atoms with Crippen LogP contribution in [0.2, 0.25) is 6.04 Å². The van der Waals surface area contributed by atoms with E-state index in [4.69, 9.17) is 0 Å². The standard InChI is InChI=1S/C24H24Si/c1-5-25-23-14(2)13-20-15(3)16(4)24(25)21(22(20)23)19-12-8-10-17-9-6-7-11-18(17)19/h6-13,23,25H,5H2,1-4H3. The molecule has 0 amide bonds. The minimum Gasteiger partial charge on any atom is -0.0678 e. The fourth-order valence-electron chi connectivity index (χ4n) is 5.45. The summed E-state index contributed by atoms with van der Waals surface area (Å²) in [6.45, 7) is 9.49. The maximum atomic E-state index is 2.50. The van der Waals surface area contributed by atoms with Crippen LogP contribution in [-0.2, 0) is 0 Å². The van der Waals surface area contributed by atoms with Gasteiger partial charge in [0.15, 0.2) is 0 Å². The minimum atomic E-state index is -1.01. The van der Waals surface area contributed by atoms with Crippen LogP contribution in [0.15, 0.2) is 48.0 Å². The zero-order valence-electron chi connectivity index (χ0n) is 15.5. The molecule has 0 nitrogen and oxygen atoms in total. The molecule has 1 heteroatoms. The van der Waals surface area contributed by atoms with Gasteiger partial charge in [-0.3, -0.25) is 0 Å². The van der Waals surface area contributed by atoms with Crippen LogP contribution in [-0.4, -0.2) is 8.80 Å². The van der Waals surface area contributed by atoms with Crippen molar-refractivity contribution < 1.29 is 0 Å². The second-order valence-electron chi connectivity index (χ2n) is 7.77. The molecule has 25 heavy (non-hydrogen) atoms. The molecule has 3 aromatic carbocycles. The lowest BCUT2D eigenvalue weighted by Gasteiger charge is -2.19. The first-order chi connectivity index (χ1) is 12.1. The van der Waals surface area contributed by atoms with Crippen molar-refractivity contribution in [2.75, 3.05) is 0 Å². The smallest absolute Gasteiger partial charge is 0.0678 e. The van der Waals surface area contributed by atoms with Crippen molar-refractivity contribution in [2.45, 2.75) is 39.3 Å². The van der Waals surface area contributed by atoms with Crippen LogP contribution in [0, 0.1) is 13.8 Å². The van der Waals surface area contributed by atoms with Crippen LogP contribution in [0.5, 0.6) is 0 Å². The summed E-state index contributed by atoms with van der Waals surface area (Å²) in [5.41, 5.74) is 11.7. The van der Waals surface area contributed by atoms with E-state index < -0.39 is 8.80 Å². The number of rotatable bonds is 2. The third-order valence-electron chi connectivity index (χ3n) is 6.64. The van der Waals surface area contributed by atoms with E-state index in [1.165, 1.54) is 33.5 Å². The fraction of sp³-hybridized carbons (Fsp3) is 0.250. The third kappa shape index (κ3) is 1.82. The average molecular weight is 341 g/mol. The number of hydrogen-bond donors (Lipinski definition) is 0. The van der Waals surface area contributed by atoms with E-state index in [1.807, 2.05) is 0 Å². The van der Waals surface area contributed by atoms with Gasteiger partial charge in [0.05, 0.1) is 8.80 Å². The molecular weight excluding hydrogens is 316 g/mol. The molecule has 1 aliphatic carbocycles. The lowest BCUT2D eigenvalue weighted by molar-refractivity contribution is 1.11. The summed E-state index contributed by atoms with van der Waals surface area (Å²) in [5.74, 6) is 0. The number of fused-ring (bicyclic) bond motifs is 2. The average Bonchev–Trinajstić information content (AvgIpc) is 3.12. The van der Waals surface area contributed by atoms with Gasteiger partial charge < -0.3 is 0 Å². The number of hydrogen-bond acceptors (Lipinski definition) is 0. The van der Waals surface area contributed by atoms with Crippen molar-refractivity contribution >= 4 is 30.8 Å². The topological polar surface area (TPSA) is 0 Å². The Bertz CT molecular complexity index is 1060. The highest BCUT2D eigenvalue weighted by molar-refractivity contribution is 6.79. The van der Waals surface area contributed by atoms with Crippen LogP contribution in [0.1, 0.15) is 41.6 Å². The van der Waals surface area contributed by atoms with E-state index in [9.17, 15) is 0 Å². The first-order valence-electron chi connectivity index (χ1n) is 9.46. The highest BCUT2D eigenvalue weighted by Gasteiger charge is 2.43. The summed E-state index contributed by atoms with van der Waals surface area (Å²) in [4.78, 5) is 0. The Hall–Kier alpha value is -2.12. The Morgan fingerprint density at radius 3 is 2.48 bits per heavy atom. The molecule has 2 aliphatic rings. The molecule has 0 spiro atoms. The second kappa shape index (κ2) is 5.19. The number of benzene rings is 3. The van der Waals surface area contributed by atoms with Crippen LogP contribution >= 0.6 is 0 Å². The molecule has 5 rings (SSSR count). The van der Waals surface area contributed by atoms with Crippen molar-refractivity contribution in [3.05, 3.63) is 70.3 Å². The molecule has 0 radical (unpaired) electrons. The van der Waals surface area contributed by atoms with Gasteiger partial charge in [-0.2, -0.15) is 0 Å². The summed E-state index contributed by atoms with van der Waals surface area (Å²) in [6.07, 6.45) is 2.50. The molecule has 2 unspecified atom stereocenters. The van der Waals surface area contributed by atoms with Crippen LogP contribution < -0.4 is 5.19 Å². The predicted octanol–water partition coefficient (Wildman–Crippen LogP) is 5.63. The van der Waals surface area contributed by atoms with E-state index in [0.717, 1.165) is 5.54 Å². The first-order valence-corrected chi connectivity index (χ1v) is 11.5. The lowest BCUT2D eigenvalue weighted by Crippen LogP contribution is -2.33. The molecule has 2 bridgehead atoms. The van der Waals surface area contributed by atoms with Gasteiger partial charge >= 0.3 is 0 Å². The molecule has 2 atom stereocenters. The Labute approximate surface area is 151 Å². The molecule has 1 heterocycles. The predicted molar refractivity (Wildman–Crippen MR) is 113 cm³/mol. The van der Waals surface area contributed by atoms with Gasteiger partial charge in [-0.15, -0.1) is 0 Å². The van der Waals surface area contributed by atoms with Gasteiger partial charge in [-0.25, -0.2) is 0 Å². The van der Waals surface area contributed by atoms with Crippen LogP contribution in [0.3, 0.4) is 0 Å². The molecule has 0 fully saturated rings. The highest BCUT2D eigenvalue weighted by Crippen LogP contribution is 2.51. The van der Waals surface area contributed by atoms with Crippen molar-refractivity contribution in [1.82, 2.24) is 0 Å². The van der Waals surface area contributed by atoms with Crippen molar-refractivity contribution in [2.24, 2.45) is 0 Å². The molecule has 124 valence electrons. The Kier molecular flexibility index (Phi) is 3.14. The molecular formula is C24H24Si. The van der Waals surface area contributed by atoms with Gasteiger partial charge in [0.1, 0.15) is 0 Å². The van der Waals surface area contributed by atoms with Gasteiger partial charge in [-0.1, -0.05) is 72.3 Å². The van der Waals surface area contributed by atoms with Gasteiger partial charge in [0, 0.05) is 5.54 Å². The summed E-state index contributed by atoms with van der Waals surface area (Å²) in [6, 6.07) is 17.1. The Morgan fingerprint density at radius 2 is 1.68 bits per heavy atom. The second-order valence-corrected chi connectivity index (χ2v) is 11.0. The minimum absolute atomic E-state index is 0.733. The van der Waals surface area contributed by atoms with Crippen LogP contribution in [0.4, 0.5) is 0 Å². The zero-order chi connectivity index (χ0) is 17.3. The Morgan fingerprint density at radius 1 is 0.920 bits per heavy atom. The lowest BCUT2D eigenvalue weighted by atomic mass is 9.88. The molecule has 0 N–H and O–H groups in total. The summed E-state index contributed by atoms with van der Waals surface area (Å²) < 4.78 is 0. The van der Waals surface area contributed by atoms with E-state index in [2.05, 4.69) is 76.2 Å². The normalized spacial score (nSPS) is 20.4. The SMILES string of the molecule is CC[SiH]1c2c(C)c(C)c3c(c2-c2cccc4ccccc24)C1C(C)=C3. The Balaban J connectivity index is 1.93. The molecule has 3 aromatic rings. The molecule has 0 aromatic heterocycles. The van der Waals surface area contributed by atoms with Crippen molar-refractivity contribution in [3.8, 4) is 11.1 Å². The maximum absolute atomic E-state index is 2.50. The van der Waals surface area contributed by atoms with Gasteiger partial charge in [0.25, 0.3) is 0 Å². The third-order valence-corrected chi connectivity index (χ3v) is 10.7. The zero-order valence-corrected chi connectivity index (χ0v) is 16.6. The van der Waals surface area contributed by atoms with E-state index in [1.54, 1.807) is 27.5 Å². The van der Waals surface area contributed by atoms with Crippen molar-refractivity contribution in [1.29, 1.82) is 0 Å². The summed E-state index contributed by atoms with van der Waals surface area (Å²) in [5, 5.41) is 4.52. The largest absolute Gasteiger partial charge is 0.0837 e. The van der Waals surface area contributed by atoms with E-state index in [-0.39, 0.29) is 0 Å². The summed E-state index contributed by atoms with van der Waals surface area (Å²) in [7, 11) is -1.01. The summed E-state index contributed by atoms with van der Waals surface area (Å²) >= 11 is 0. The fourth-order valence-corrected chi connectivity index (χ4v) is 9.60. The van der Waals surface area contributed by atoms with E-state index in [0.29, 0.717) is 0 Å². The molecule has 0 saturated heterocycles.